The molecule has 1 fully saturated rings. The molecular weight excluding hydrogens is 268 g/mol. The Morgan fingerprint density at radius 2 is 2.10 bits per heavy atom. The van der Waals surface area contributed by atoms with E-state index >= 15 is 0 Å². The Bertz CT molecular complexity index is 493. The van der Waals surface area contributed by atoms with Gasteiger partial charge in [0.2, 0.25) is 0 Å². The fraction of sp³-hybridized carbons (Fsp3) is 0.765. The zero-order valence-corrected chi connectivity index (χ0v) is 13.6. The van der Waals surface area contributed by atoms with Crippen LogP contribution in [0.4, 0.5) is 0 Å². The first kappa shape index (κ1) is 16.2. The van der Waals surface area contributed by atoms with Crippen molar-refractivity contribution >= 4 is 11.8 Å². The molecule has 1 N–H and O–H groups in total. The van der Waals surface area contributed by atoms with Crippen molar-refractivity contribution in [2.24, 2.45) is 17.3 Å². The molecule has 0 unspecified atom stereocenters. The van der Waals surface area contributed by atoms with E-state index in [1.807, 2.05) is 26.8 Å². The standard InChI is InChI=1S/C17H26O4/c1-10(2)13-9-14(19)16(5)15(21-12(4)18)8-11(3)6-7-17(13,16)20/h8,10,13,15,20H,6-7,9H2,1-5H3/t13-,15+,16+,17+/m0/s1. The normalized spacial score (nSPS) is 39.8. The van der Waals surface area contributed by atoms with Crippen molar-refractivity contribution in [2.75, 3.05) is 0 Å². The van der Waals surface area contributed by atoms with Crippen LogP contribution in [-0.2, 0) is 14.3 Å². The molecule has 21 heavy (non-hydrogen) atoms. The quantitative estimate of drug-likeness (QED) is 0.628. The first-order chi connectivity index (χ1) is 9.62. The van der Waals surface area contributed by atoms with Gasteiger partial charge in [-0.15, -0.1) is 0 Å². The van der Waals surface area contributed by atoms with Crippen LogP contribution in [0, 0.1) is 17.3 Å². The highest BCUT2D eigenvalue weighted by molar-refractivity contribution is 5.90. The van der Waals surface area contributed by atoms with Crippen LogP contribution >= 0.6 is 0 Å². The lowest BCUT2D eigenvalue weighted by atomic mass is 9.65. The van der Waals surface area contributed by atoms with E-state index in [4.69, 9.17) is 4.74 Å². The predicted octanol–water partition coefficient (Wildman–Crippen LogP) is 2.64. The average molecular weight is 294 g/mol. The Hall–Kier alpha value is -1.16. The van der Waals surface area contributed by atoms with Gasteiger partial charge in [0.25, 0.3) is 0 Å². The van der Waals surface area contributed by atoms with Crippen LogP contribution in [0.2, 0.25) is 0 Å². The lowest BCUT2D eigenvalue weighted by Gasteiger charge is -2.44. The first-order valence-corrected chi connectivity index (χ1v) is 7.73. The number of aliphatic hydroxyl groups is 1. The molecule has 2 rings (SSSR count). The number of Topliss-reactive ketones (excluding diaryl/α,β-unsaturated/α-hetero) is 1. The van der Waals surface area contributed by atoms with E-state index in [1.54, 1.807) is 6.92 Å². The number of carbonyl (C=O) groups is 2. The highest BCUT2D eigenvalue weighted by atomic mass is 16.5. The number of hydrogen-bond acceptors (Lipinski definition) is 4. The van der Waals surface area contributed by atoms with Crippen molar-refractivity contribution in [2.45, 2.75) is 65.6 Å². The molecule has 4 nitrogen and oxygen atoms in total. The number of allylic oxidation sites excluding steroid dienone is 1. The third-order valence-electron chi connectivity index (χ3n) is 5.50. The van der Waals surface area contributed by atoms with Crippen molar-refractivity contribution in [3.8, 4) is 0 Å². The molecule has 1 saturated carbocycles. The zero-order chi connectivity index (χ0) is 16.0. The van der Waals surface area contributed by atoms with Gasteiger partial charge in [-0.1, -0.05) is 19.4 Å². The number of hydrogen-bond donors (Lipinski definition) is 1. The SMILES string of the molecule is CC(=O)O[C@@H]1C=C(C)CC[C@@]2(O)[C@H](C(C)C)CC(=O)[C@]12C. The largest absolute Gasteiger partial charge is 0.457 e. The maximum absolute atomic E-state index is 12.7. The van der Waals surface area contributed by atoms with Gasteiger partial charge in [0.15, 0.2) is 0 Å². The van der Waals surface area contributed by atoms with E-state index in [-0.39, 0.29) is 17.6 Å². The fourth-order valence-corrected chi connectivity index (χ4v) is 4.07. The lowest BCUT2D eigenvalue weighted by Crippen LogP contribution is -2.56. The monoisotopic (exact) mass is 294 g/mol. The predicted molar refractivity (Wildman–Crippen MR) is 79.6 cm³/mol. The van der Waals surface area contributed by atoms with E-state index in [0.717, 1.165) is 12.0 Å². The molecular formula is C17H26O4. The number of carbonyl (C=O) groups excluding carboxylic acids is 2. The Labute approximate surface area is 126 Å². The van der Waals surface area contributed by atoms with Gasteiger partial charge in [0, 0.05) is 13.3 Å². The second kappa shape index (κ2) is 5.24. The van der Waals surface area contributed by atoms with E-state index in [0.29, 0.717) is 12.8 Å². The third-order valence-corrected chi connectivity index (χ3v) is 5.50. The zero-order valence-electron chi connectivity index (χ0n) is 13.6. The van der Waals surface area contributed by atoms with Crippen molar-refractivity contribution in [1.29, 1.82) is 0 Å². The molecule has 0 spiro atoms. The van der Waals surface area contributed by atoms with E-state index < -0.39 is 23.1 Å². The molecule has 2 aliphatic rings. The highest BCUT2D eigenvalue weighted by Gasteiger charge is 2.66. The maximum Gasteiger partial charge on any atom is 0.303 e. The number of rotatable bonds is 2. The van der Waals surface area contributed by atoms with Gasteiger partial charge in [-0.3, -0.25) is 9.59 Å². The summed E-state index contributed by atoms with van der Waals surface area (Å²) in [5.41, 5.74) is -1.11. The molecule has 2 aliphatic carbocycles. The second-order valence-corrected chi connectivity index (χ2v) is 7.15. The maximum atomic E-state index is 12.7. The van der Waals surface area contributed by atoms with Crippen LogP contribution in [-0.4, -0.2) is 28.6 Å². The van der Waals surface area contributed by atoms with Crippen molar-refractivity contribution in [3.63, 3.8) is 0 Å². The summed E-state index contributed by atoms with van der Waals surface area (Å²) in [5.74, 6) is -0.305. The van der Waals surface area contributed by atoms with Crippen LogP contribution in [0.3, 0.4) is 0 Å². The number of esters is 1. The van der Waals surface area contributed by atoms with Crippen molar-refractivity contribution < 1.29 is 19.4 Å². The molecule has 0 aromatic carbocycles. The molecule has 0 heterocycles. The molecule has 0 aromatic rings. The average Bonchev–Trinajstić information content (AvgIpc) is 2.52. The Morgan fingerprint density at radius 3 is 2.62 bits per heavy atom. The van der Waals surface area contributed by atoms with Crippen LogP contribution in [0.25, 0.3) is 0 Å². The minimum Gasteiger partial charge on any atom is -0.457 e. The Balaban J connectivity index is 2.54. The number of ketones is 1. The molecule has 0 radical (unpaired) electrons. The number of fused-ring (bicyclic) bond motifs is 1. The minimum absolute atomic E-state index is 0.000833. The number of ether oxygens (including phenoxy) is 1. The van der Waals surface area contributed by atoms with Gasteiger partial charge in [0.1, 0.15) is 11.9 Å². The van der Waals surface area contributed by atoms with Crippen LogP contribution in [0.1, 0.15) is 53.9 Å². The van der Waals surface area contributed by atoms with Crippen LogP contribution in [0.15, 0.2) is 11.6 Å². The summed E-state index contributed by atoms with van der Waals surface area (Å²) in [5, 5.41) is 11.4. The van der Waals surface area contributed by atoms with Gasteiger partial charge < -0.3 is 9.84 Å². The molecule has 0 bridgehead atoms. The molecule has 0 aliphatic heterocycles. The van der Waals surface area contributed by atoms with Crippen molar-refractivity contribution in [1.82, 2.24) is 0 Å². The van der Waals surface area contributed by atoms with E-state index in [9.17, 15) is 14.7 Å². The van der Waals surface area contributed by atoms with Gasteiger partial charge in [-0.05, 0) is 44.6 Å². The molecule has 0 saturated heterocycles. The Morgan fingerprint density at radius 1 is 1.48 bits per heavy atom. The highest BCUT2D eigenvalue weighted by Crippen LogP contribution is 2.56. The summed E-state index contributed by atoms with van der Waals surface area (Å²) < 4.78 is 5.43. The summed E-state index contributed by atoms with van der Waals surface area (Å²) in [6.45, 7) is 9.14. The summed E-state index contributed by atoms with van der Waals surface area (Å²) in [4.78, 5) is 24.2. The van der Waals surface area contributed by atoms with Gasteiger partial charge in [-0.25, -0.2) is 0 Å². The smallest absolute Gasteiger partial charge is 0.303 e. The third kappa shape index (κ3) is 2.33. The summed E-state index contributed by atoms with van der Waals surface area (Å²) >= 11 is 0. The molecule has 118 valence electrons. The van der Waals surface area contributed by atoms with Gasteiger partial charge in [0.05, 0.1) is 11.0 Å². The van der Waals surface area contributed by atoms with Crippen LogP contribution in [0.5, 0.6) is 0 Å². The van der Waals surface area contributed by atoms with Gasteiger partial charge >= 0.3 is 5.97 Å². The molecule has 0 amide bonds. The topological polar surface area (TPSA) is 63.6 Å². The van der Waals surface area contributed by atoms with Crippen LogP contribution < -0.4 is 0 Å². The Kier molecular flexibility index (Phi) is 4.04. The fourth-order valence-electron chi connectivity index (χ4n) is 4.07. The minimum atomic E-state index is -1.12. The summed E-state index contributed by atoms with van der Waals surface area (Å²) in [6.07, 6.45) is 2.78. The van der Waals surface area contributed by atoms with Gasteiger partial charge in [-0.2, -0.15) is 0 Å². The summed E-state index contributed by atoms with van der Waals surface area (Å²) in [6, 6.07) is 0. The van der Waals surface area contributed by atoms with E-state index in [1.165, 1.54) is 6.92 Å². The molecule has 4 atom stereocenters. The molecule has 0 aromatic heterocycles. The van der Waals surface area contributed by atoms with E-state index in [2.05, 4.69) is 0 Å². The molecule has 4 heteroatoms. The first-order valence-electron chi connectivity index (χ1n) is 7.73. The lowest BCUT2D eigenvalue weighted by molar-refractivity contribution is -0.172. The second-order valence-electron chi connectivity index (χ2n) is 7.15. The van der Waals surface area contributed by atoms with Crippen molar-refractivity contribution in [3.05, 3.63) is 11.6 Å². The summed E-state index contributed by atoms with van der Waals surface area (Å²) in [7, 11) is 0.